The molecule has 0 unspecified atom stereocenters. The van der Waals surface area contributed by atoms with Crippen LogP contribution in [0.2, 0.25) is 0 Å². The number of rotatable bonds is 7. The van der Waals surface area contributed by atoms with Crippen LogP contribution in [0.25, 0.3) is 11.1 Å². The van der Waals surface area contributed by atoms with Gasteiger partial charge in [0, 0.05) is 13.2 Å². The third-order valence-electron chi connectivity index (χ3n) is 6.00. The highest BCUT2D eigenvalue weighted by molar-refractivity contribution is 5.83. The monoisotopic (exact) mass is 417 g/mol. The van der Waals surface area contributed by atoms with Crippen LogP contribution < -0.4 is 5.32 Å². The largest absolute Gasteiger partial charge is 0.394 e. The Kier molecular flexibility index (Phi) is 7.21. The molecule has 1 aliphatic rings. The summed E-state index contributed by atoms with van der Waals surface area (Å²) in [7, 11) is 0. The van der Waals surface area contributed by atoms with Crippen molar-refractivity contribution in [3.63, 3.8) is 0 Å². The molecule has 162 valence electrons. The molecule has 6 heteroatoms. The molecule has 0 aliphatic carbocycles. The van der Waals surface area contributed by atoms with Gasteiger partial charge in [0.15, 0.2) is 11.6 Å². The Balaban J connectivity index is 1.79. The number of nitrogens with one attached hydrogen (secondary N) is 1. The van der Waals surface area contributed by atoms with Gasteiger partial charge in [0.05, 0.1) is 18.1 Å². The summed E-state index contributed by atoms with van der Waals surface area (Å²) in [6, 6.07) is 11.1. The van der Waals surface area contributed by atoms with Crippen LogP contribution in [-0.4, -0.2) is 36.9 Å². The van der Waals surface area contributed by atoms with Gasteiger partial charge < -0.3 is 15.2 Å². The Morgan fingerprint density at radius 2 is 1.70 bits per heavy atom. The first-order chi connectivity index (χ1) is 14.3. The molecule has 1 fully saturated rings. The SMILES string of the molecule is CC(C)[C@@H](CO)NC(=O)C1(Cc2ccc(-c3ccc(F)c(F)c3)cc2)CCOCC1. The molecular weight excluding hydrogens is 388 g/mol. The van der Waals surface area contributed by atoms with Crippen molar-refractivity contribution in [1.29, 1.82) is 0 Å². The maximum atomic E-state index is 13.5. The molecule has 0 bridgehead atoms. The molecule has 2 N–H and O–H groups in total. The molecule has 0 saturated carbocycles. The number of ether oxygens (including phenoxy) is 1. The molecule has 1 heterocycles. The van der Waals surface area contributed by atoms with Crippen LogP contribution in [0.4, 0.5) is 8.78 Å². The first-order valence-corrected chi connectivity index (χ1v) is 10.4. The van der Waals surface area contributed by atoms with Gasteiger partial charge in [0.1, 0.15) is 0 Å². The molecule has 1 saturated heterocycles. The van der Waals surface area contributed by atoms with E-state index >= 15 is 0 Å². The average molecular weight is 417 g/mol. The minimum Gasteiger partial charge on any atom is -0.394 e. The fourth-order valence-corrected chi connectivity index (χ4v) is 3.87. The second kappa shape index (κ2) is 9.67. The lowest BCUT2D eigenvalue weighted by atomic mass is 9.74. The van der Waals surface area contributed by atoms with Crippen molar-refractivity contribution in [1.82, 2.24) is 5.32 Å². The van der Waals surface area contributed by atoms with Gasteiger partial charge in [-0.1, -0.05) is 44.2 Å². The fourth-order valence-electron chi connectivity index (χ4n) is 3.87. The van der Waals surface area contributed by atoms with E-state index < -0.39 is 17.0 Å². The van der Waals surface area contributed by atoms with Crippen molar-refractivity contribution in [3.05, 3.63) is 59.7 Å². The Morgan fingerprint density at radius 3 is 2.27 bits per heavy atom. The van der Waals surface area contributed by atoms with E-state index in [0.717, 1.165) is 17.2 Å². The normalized spacial score (nSPS) is 17.0. The van der Waals surface area contributed by atoms with E-state index in [1.54, 1.807) is 6.07 Å². The standard InChI is InChI=1S/C24H29F2NO3/c1-16(2)22(15-28)27-23(29)24(9-11-30-12-10-24)14-17-3-5-18(6-4-17)19-7-8-20(25)21(26)13-19/h3-8,13,16,22,28H,9-12,14-15H2,1-2H3,(H,27,29)/t22-/m1/s1. The molecule has 0 spiro atoms. The maximum absolute atomic E-state index is 13.5. The van der Waals surface area contributed by atoms with Gasteiger partial charge in [0.2, 0.25) is 5.91 Å². The van der Waals surface area contributed by atoms with Crippen molar-refractivity contribution < 1.29 is 23.4 Å². The van der Waals surface area contributed by atoms with Crippen LogP contribution in [0.3, 0.4) is 0 Å². The van der Waals surface area contributed by atoms with E-state index in [2.05, 4.69) is 5.32 Å². The highest BCUT2D eigenvalue weighted by Gasteiger charge is 2.41. The smallest absolute Gasteiger partial charge is 0.227 e. The number of aliphatic hydroxyl groups is 1. The fraction of sp³-hybridized carbons (Fsp3) is 0.458. The summed E-state index contributed by atoms with van der Waals surface area (Å²) >= 11 is 0. The van der Waals surface area contributed by atoms with E-state index in [1.165, 1.54) is 6.07 Å². The highest BCUT2D eigenvalue weighted by atomic mass is 19.2. The zero-order valence-electron chi connectivity index (χ0n) is 17.5. The molecule has 3 rings (SSSR count). The second-order valence-electron chi connectivity index (χ2n) is 8.40. The van der Waals surface area contributed by atoms with Gasteiger partial charge in [-0.25, -0.2) is 8.78 Å². The van der Waals surface area contributed by atoms with Crippen LogP contribution in [0.15, 0.2) is 42.5 Å². The molecule has 4 nitrogen and oxygen atoms in total. The van der Waals surface area contributed by atoms with Gasteiger partial charge in [0.25, 0.3) is 0 Å². The summed E-state index contributed by atoms with van der Waals surface area (Å²) in [6.07, 6.45) is 1.77. The Labute approximate surface area is 176 Å². The number of carbonyl (C=O) groups excluding carboxylic acids is 1. The number of carbonyl (C=O) groups is 1. The molecule has 1 atom stereocenters. The molecular formula is C24H29F2NO3. The molecule has 30 heavy (non-hydrogen) atoms. The Morgan fingerprint density at radius 1 is 1.07 bits per heavy atom. The lowest BCUT2D eigenvalue weighted by molar-refractivity contribution is -0.138. The molecule has 2 aromatic rings. The predicted octanol–water partition coefficient (Wildman–Crippen LogP) is 4.10. The van der Waals surface area contributed by atoms with Crippen LogP contribution in [-0.2, 0) is 16.0 Å². The van der Waals surface area contributed by atoms with Crippen molar-refractivity contribution in [2.75, 3.05) is 19.8 Å². The van der Waals surface area contributed by atoms with Crippen molar-refractivity contribution >= 4 is 5.91 Å². The zero-order chi connectivity index (χ0) is 21.7. The number of hydrogen-bond acceptors (Lipinski definition) is 3. The lowest BCUT2D eigenvalue weighted by Gasteiger charge is -2.37. The predicted molar refractivity (Wildman–Crippen MR) is 112 cm³/mol. The van der Waals surface area contributed by atoms with E-state index in [-0.39, 0.29) is 24.5 Å². The first kappa shape index (κ1) is 22.4. The van der Waals surface area contributed by atoms with Crippen LogP contribution >= 0.6 is 0 Å². The molecule has 0 radical (unpaired) electrons. The topological polar surface area (TPSA) is 58.6 Å². The number of hydrogen-bond donors (Lipinski definition) is 2. The van der Waals surface area contributed by atoms with Gasteiger partial charge in [-0.3, -0.25) is 4.79 Å². The summed E-state index contributed by atoms with van der Waals surface area (Å²) in [5.74, 6) is -1.67. The number of aliphatic hydroxyl groups excluding tert-OH is 1. The third kappa shape index (κ3) is 5.05. The maximum Gasteiger partial charge on any atom is 0.227 e. The molecule has 1 aliphatic heterocycles. The van der Waals surface area contributed by atoms with Gasteiger partial charge >= 0.3 is 0 Å². The van der Waals surface area contributed by atoms with Crippen LogP contribution in [0.5, 0.6) is 0 Å². The number of benzene rings is 2. The van der Waals surface area contributed by atoms with Gasteiger partial charge in [-0.15, -0.1) is 0 Å². The number of amides is 1. The Bertz CT molecular complexity index is 861. The third-order valence-corrected chi connectivity index (χ3v) is 6.00. The van der Waals surface area contributed by atoms with E-state index in [9.17, 15) is 18.7 Å². The summed E-state index contributed by atoms with van der Waals surface area (Å²) in [6.45, 7) is 4.88. The van der Waals surface area contributed by atoms with Crippen LogP contribution in [0, 0.1) is 23.0 Å². The molecule has 2 aromatic carbocycles. The highest BCUT2D eigenvalue weighted by Crippen LogP contribution is 2.35. The van der Waals surface area contributed by atoms with Crippen molar-refractivity contribution in [3.8, 4) is 11.1 Å². The van der Waals surface area contributed by atoms with Gasteiger partial charge in [-0.2, -0.15) is 0 Å². The van der Waals surface area contributed by atoms with Gasteiger partial charge in [-0.05, 0) is 54.0 Å². The van der Waals surface area contributed by atoms with E-state index in [1.807, 2.05) is 38.1 Å². The van der Waals surface area contributed by atoms with Crippen molar-refractivity contribution in [2.24, 2.45) is 11.3 Å². The van der Waals surface area contributed by atoms with E-state index in [4.69, 9.17) is 4.74 Å². The van der Waals surface area contributed by atoms with E-state index in [0.29, 0.717) is 38.0 Å². The Hall–Kier alpha value is -2.31. The quantitative estimate of drug-likeness (QED) is 0.713. The lowest BCUT2D eigenvalue weighted by Crippen LogP contribution is -2.51. The summed E-state index contributed by atoms with van der Waals surface area (Å²) in [5, 5.41) is 12.6. The second-order valence-corrected chi connectivity index (χ2v) is 8.40. The number of halogens is 2. The zero-order valence-corrected chi connectivity index (χ0v) is 17.5. The van der Waals surface area contributed by atoms with Crippen LogP contribution in [0.1, 0.15) is 32.3 Å². The summed E-state index contributed by atoms with van der Waals surface area (Å²) in [5.41, 5.74) is 1.78. The van der Waals surface area contributed by atoms with Crippen molar-refractivity contribution in [2.45, 2.75) is 39.2 Å². The minimum absolute atomic E-state index is 0.0526. The molecule has 0 aromatic heterocycles. The summed E-state index contributed by atoms with van der Waals surface area (Å²) in [4.78, 5) is 13.2. The minimum atomic E-state index is -0.877. The first-order valence-electron chi connectivity index (χ1n) is 10.4. The average Bonchev–Trinajstić information content (AvgIpc) is 2.74. The molecule has 1 amide bonds. The summed E-state index contributed by atoms with van der Waals surface area (Å²) < 4.78 is 32.2.